The third kappa shape index (κ3) is 5.62. The zero-order valence-electron chi connectivity index (χ0n) is 14.6. The second-order valence-electron chi connectivity index (χ2n) is 5.41. The molecule has 7 heteroatoms. The first kappa shape index (κ1) is 19.0. The van der Waals surface area contributed by atoms with Crippen molar-refractivity contribution in [2.75, 3.05) is 13.2 Å². The van der Waals surface area contributed by atoms with E-state index in [0.717, 1.165) is 5.56 Å². The summed E-state index contributed by atoms with van der Waals surface area (Å²) in [5.41, 5.74) is 6.39. The average Bonchev–Trinajstić information content (AvgIpc) is 2.65. The highest BCUT2D eigenvalue weighted by Gasteiger charge is 2.09. The molecule has 26 heavy (non-hydrogen) atoms. The van der Waals surface area contributed by atoms with Gasteiger partial charge in [-0.1, -0.05) is 17.7 Å². The van der Waals surface area contributed by atoms with Crippen LogP contribution in [0.2, 0.25) is 0 Å². The summed E-state index contributed by atoms with van der Waals surface area (Å²) < 4.78 is 10.2. The Hall–Kier alpha value is -3.35. The summed E-state index contributed by atoms with van der Waals surface area (Å²) in [5.74, 6) is -0.935. The van der Waals surface area contributed by atoms with Gasteiger partial charge in [-0.25, -0.2) is 4.79 Å². The maximum atomic E-state index is 11.9. The van der Waals surface area contributed by atoms with Crippen LogP contribution < -0.4 is 15.6 Å². The van der Waals surface area contributed by atoms with Crippen molar-refractivity contribution in [2.45, 2.75) is 13.8 Å². The Morgan fingerprint density at radius 2 is 1.69 bits per heavy atom. The highest BCUT2D eigenvalue weighted by atomic mass is 16.5. The van der Waals surface area contributed by atoms with Crippen LogP contribution in [0.25, 0.3) is 0 Å². The first-order valence-electron chi connectivity index (χ1n) is 8.05. The lowest BCUT2D eigenvalue weighted by Crippen LogP contribution is -2.43. The lowest BCUT2D eigenvalue weighted by Gasteiger charge is -2.09. The molecule has 2 N–H and O–H groups in total. The SMILES string of the molecule is CCOC(=O)c1ccc(OCC(=O)NNC(=O)c2cccc(C)c2)cc1. The minimum atomic E-state index is -0.513. The van der Waals surface area contributed by atoms with Crippen molar-refractivity contribution >= 4 is 17.8 Å². The molecule has 0 aliphatic heterocycles. The van der Waals surface area contributed by atoms with Crippen LogP contribution in [0, 0.1) is 6.92 Å². The zero-order valence-corrected chi connectivity index (χ0v) is 14.6. The fourth-order valence-corrected chi connectivity index (χ4v) is 2.07. The van der Waals surface area contributed by atoms with E-state index in [1.165, 1.54) is 0 Å². The van der Waals surface area contributed by atoms with Gasteiger partial charge in [0.25, 0.3) is 11.8 Å². The first-order chi connectivity index (χ1) is 12.5. The van der Waals surface area contributed by atoms with E-state index in [4.69, 9.17) is 9.47 Å². The van der Waals surface area contributed by atoms with Crippen molar-refractivity contribution in [1.82, 2.24) is 10.9 Å². The van der Waals surface area contributed by atoms with Gasteiger partial charge in [-0.05, 0) is 50.2 Å². The molecule has 2 aromatic carbocycles. The molecule has 2 rings (SSSR count). The number of hydrazine groups is 1. The van der Waals surface area contributed by atoms with Crippen LogP contribution in [0.1, 0.15) is 33.2 Å². The monoisotopic (exact) mass is 356 g/mol. The van der Waals surface area contributed by atoms with Crippen molar-refractivity contribution in [3.05, 3.63) is 65.2 Å². The molecule has 0 bridgehead atoms. The third-order valence-electron chi connectivity index (χ3n) is 3.33. The third-order valence-corrected chi connectivity index (χ3v) is 3.33. The first-order valence-corrected chi connectivity index (χ1v) is 8.05. The van der Waals surface area contributed by atoms with Crippen molar-refractivity contribution in [1.29, 1.82) is 0 Å². The van der Waals surface area contributed by atoms with Crippen molar-refractivity contribution in [2.24, 2.45) is 0 Å². The number of carbonyl (C=O) groups excluding carboxylic acids is 3. The van der Waals surface area contributed by atoms with E-state index in [1.54, 1.807) is 49.4 Å². The van der Waals surface area contributed by atoms with Gasteiger partial charge in [0.1, 0.15) is 5.75 Å². The molecule has 0 saturated heterocycles. The molecule has 0 saturated carbocycles. The van der Waals surface area contributed by atoms with Crippen molar-refractivity contribution in [3.8, 4) is 5.75 Å². The maximum Gasteiger partial charge on any atom is 0.338 e. The number of esters is 1. The Labute approximate surface area is 151 Å². The molecule has 0 aliphatic rings. The van der Waals surface area contributed by atoms with Gasteiger partial charge in [0, 0.05) is 5.56 Å². The summed E-state index contributed by atoms with van der Waals surface area (Å²) in [5, 5.41) is 0. The molecule has 0 aromatic heterocycles. The van der Waals surface area contributed by atoms with Crippen LogP contribution in [0.15, 0.2) is 48.5 Å². The molecule has 2 aromatic rings. The van der Waals surface area contributed by atoms with E-state index in [9.17, 15) is 14.4 Å². The van der Waals surface area contributed by atoms with Gasteiger partial charge >= 0.3 is 5.97 Å². The molecule has 0 unspecified atom stereocenters. The smallest absolute Gasteiger partial charge is 0.338 e. The fourth-order valence-electron chi connectivity index (χ4n) is 2.07. The molecular formula is C19H20N2O5. The van der Waals surface area contributed by atoms with Gasteiger partial charge in [-0.15, -0.1) is 0 Å². The van der Waals surface area contributed by atoms with E-state index in [-0.39, 0.29) is 6.61 Å². The molecule has 2 amide bonds. The number of hydrogen-bond donors (Lipinski definition) is 2. The highest BCUT2D eigenvalue weighted by molar-refractivity contribution is 5.95. The fraction of sp³-hybridized carbons (Fsp3) is 0.211. The van der Waals surface area contributed by atoms with E-state index in [1.807, 2.05) is 13.0 Å². The van der Waals surface area contributed by atoms with Gasteiger partial charge in [0.15, 0.2) is 6.61 Å². The normalized spacial score (nSPS) is 9.92. The molecule has 0 radical (unpaired) electrons. The van der Waals surface area contributed by atoms with Gasteiger partial charge < -0.3 is 9.47 Å². The minimum Gasteiger partial charge on any atom is -0.484 e. The molecule has 0 heterocycles. The van der Waals surface area contributed by atoms with E-state index < -0.39 is 17.8 Å². The van der Waals surface area contributed by atoms with E-state index in [2.05, 4.69) is 10.9 Å². The number of benzene rings is 2. The molecule has 0 spiro atoms. The largest absolute Gasteiger partial charge is 0.484 e. The number of hydrogen-bond acceptors (Lipinski definition) is 5. The Balaban J connectivity index is 1.78. The lowest BCUT2D eigenvalue weighted by atomic mass is 10.1. The number of amides is 2. The Kier molecular flexibility index (Phi) is 6.73. The second-order valence-corrected chi connectivity index (χ2v) is 5.41. The van der Waals surface area contributed by atoms with Crippen molar-refractivity contribution < 1.29 is 23.9 Å². The summed E-state index contributed by atoms with van der Waals surface area (Å²) >= 11 is 0. The Morgan fingerprint density at radius 1 is 0.962 bits per heavy atom. The van der Waals surface area contributed by atoms with Crippen LogP contribution in [0.3, 0.4) is 0 Å². The lowest BCUT2D eigenvalue weighted by molar-refractivity contribution is -0.123. The van der Waals surface area contributed by atoms with E-state index >= 15 is 0 Å². The zero-order chi connectivity index (χ0) is 18.9. The molecule has 0 atom stereocenters. The molecule has 0 aliphatic carbocycles. The summed E-state index contributed by atoms with van der Waals surface area (Å²) in [7, 11) is 0. The van der Waals surface area contributed by atoms with Crippen LogP contribution >= 0.6 is 0 Å². The topological polar surface area (TPSA) is 93.7 Å². The van der Waals surface area contributed by atoms with Gasteiger partial charge in [-0.3, -0.25) is 20.4 Å². The molecule has 7 nitrogen and oxygen atoms in total. The van der Waals surface area contributed by atoms with Crippen LogP contribution in [0.4, 0.5) is 0 Å². The number of rotatable bonds is 6. The predicted molar refractivity (Wildman–Crippen MR) is 94.7 cm³/mol. The predicted octanol–water partition coefficient (Wildman–Crippen LogP) is 2.01. The second kappa shape index (κ2) is 9.22. The van der Waals surface area contributed by atoms with Gasteiger partial charge in [0.2, 0.25) is 0 Å². The molecule has 136 valence electrons. The summed E-state index contributed by atoms with van der Waals surface area (Å²) in [6.07, 6.45) is 0. The van der Waals surface area contributed by atoms with Gasteiger partial charge in [-0.2, -0.15) is 0 Å². The number of aryl methyl sites for hydroxylation is 1. The number of nitrogens with one attached hydrogen (secondary N) is 2. The van der Waals surface area contributed by atoms with Crippen LogP contribution in [-0.4, -0.2) is 31.0 Å². The van der Waals surface area contributed by atoms with Crippen molar-refractivity contribution in [3.63, 3.8) is 0 Å². The maximum absolute atomic E-state index is 11.9. The van der Waals surface area contributed by atoms with E-state index in [0.29, 0.717) is 23.5 Å². The standard InChI is InChI=1S/C19H20N2O5/c1-3-25-19(24)14-7-9-16(10-8-14)26-12-17(22)20-21-18(23)15-6-4-5-13(2)11-15/h4-11H,3,12H2,1-2H3,(H,20,22)(H,21,23). The molecule has 0 fully saturated rings. The molecular weight excluding hydrogens is 336 g/mol. The van der Waals surface area contributed by atoms with Crippen LogP contribution in [-0.2, 0) is 9.53 Å². The Bertz CT molecular complexity index is 787. The highest BCUT2D eigenvalue weighted by Crippen LogP contribution is 2.12. The number of carbonyl (C=O) groups is 3. The number of ether oxygens (including phenoxy) is 2. The van der Waals surface area contributed by atoms with Gasteiger partial charge in [0.05, 0.1) is 12.2 Å². The summed E-state index contributed by atoms with van der Waals surface area (Å²) in [6.45, 7) is 3.61. The Morgan fingerprint density at radius 3 is 2.35 bits per heavy atom. The van der Waals surface area contributed by atoms with Crippen LogP contribution in [0.5, 0.6) is 5.75 Å². The average molecular weight is 356 g/mol. The quantitative estimate of drug-likeness (QED) is 0.610. The summed E-state index contributed by atoms with van der Waals surface area (Å²) in [6, 6.07) is 13.2. The minimum absolute atomic E-state index is 0.285. The summed E-state index contributed by atoms with van der Waals surface area (Å²) in [4.78, 5) is 35.2.